The Hall–Kier alpha value is -1.03. The highest BCUT2D eigenvalue weighted by molar-refractivity contribution is 7.10. The Labute approximate surface area is 138 Å². The Balaban J connectivity index is 1.83. The maximum atomic E-state index is 12.5. The molecule has 1 aromatic carbocycles. The van der Waals surface area contributed by atoms with Crippen molar-refractivity contribution in [1.29, 1.82) is 0 Å². The van der Waals surface area contributed by atoms with Crippen LogP contribution in [0.25, 0.3) is 0 Å². The predicted octanol–water partition coefficient (Wildman–Crippen LogP) is 5.43. The van der Waals surface area contributed by atoms with Crippen LogP contribution < -0.4 is 5.32 Å². The number of fused-ring (bicyclic) bond motifs is 1. The molecule has 1 aliphatic rings. The first-order valence-corrected chi connectivity index (χ1v) is 8.53. The molecule has 110 valence electrons. The lowest BCUT2D eigenvalue weighted by Gasteiger charge is -2.18. The number of halogens is 2. The Morgan fingerprint density at radius 1 is 1.29 bits per heavy atom. The standard InChI is InChI=1S/C16H15Cl2NOS/c1-9-2-3-13-14(8-21-15(13)4-9)16(20)19-12-6-10(17)5-11(18)7-12/h5-9H,2-4H2,1H3,(H,19,20)/t9-/m0/s1. The minimum Gasteiger partial charge on any atom is -0.322 e. The van der Waals surface area contributed by atoms with Gasteiger partial charge in [-0.05, 0) is 48.9 Å². The number of carbonyl (C=O) groups excluding carboxylic acids is 1. The van der Waals surface area contributed by atoms with Gasteiger partial charge in [0.25, 0.3) is 5.91 Å². The number of hydrogen-bond donors (Lipinski definition) is 1. The van der Waals surface area contributed by atoms with E-state index in [1.165, 1.54) is 10.4 Å². The molecule has 5 heteroatoms. The van der Waals surface area contributed by atoms with Crippen LogP contribution in [0, 0.1) is 5.92 Å². The van der Waals surface area contributed by atoms with E-state index in [-0.39, 0.29) is 5.91 Å². The smallest absolute Gasteiger partial charge is 0.256 e. The maximum absolute atomic E-state index is 12.5. The molecule has 1 heterocycles. The summed E-state index contributed by atoms with van der Waals surface area (Å²) in [7, 11) is 0. The van der Waals surface area contributed by atoms with E-state index in [0.29, 0.717) is 21.7 Å². The number of anilines is 1. The molecule has 21 heavy (non-hydrogen) atoms. The lowest BCUT2D eigenvalue weighted by Crippen LogP contribution is -2.16. The van der Waals surface area contributed by atoms with Gasteiger partial charge in [-0.1, -0.05) is 30.1 Å². The SMILES string of the molecule is C[C@H]1CCc2c(C(=O)Nc3cc(Cl)cc(Cl)c3)csc2C1. The fraction of sp³-hybridized carbons (Fsp3) is 0.312. The predicted molar refractivity (Wildman–Crippen MR) is 89.9 cm³/mol. The zero-order valence-electron chi connectivity index (χ0n) is 11.6. The van der Waals surface area contributed by atoms with Gasteiger partial charge in [-0.2, -0.15) is 0 Å². The van der Waals surface area contributed by atoms with Crippen molar-refractivity contribution < 1.29 is 4.79 Å². The third-order valence-electron chi connectivity index (χ3n) is 3.77. The van der Waals surface area contributed by atoms with E-state index in [0.717, 1.165) is 24.8 Å². The number of amides is 1. The van der Waals surface area contributed by atoms with E-state index in [9.17, 15) is 4.79 Å². The molecule has 1 N–H and O–H groups in total. The van der Waals surface area contributed by atoms with Crippen LogP contribution in [0.3, 0.4) is 0 Å². The molecule has 3 rings (SSSR count). The Morgan fingerprint density at radius 2 is 2.00 bits per heavy atom. The van der Waals surface area contributed by atoms with Crippen LogP contribution in [-0.4, -0.2) is 5.91 Å². The molecule has 2 aromatic rings. The summed E-state index contributed by atoms with van der Waals surface area (Å²) in [6.07, 6.45) is 3.21. The zero-order valence-corrected chi connectivity index (χ0v) is 13.9. The lowest BCUT2D eigenvalue weighted by molar-refractivity contribution is 0.102. The molecule has 0 unspecified atom stereocenters. The Kier molecular flexibility index (Phi) is 4.25. The van der Waals surface area contributed by atoms with Gasteiger partial charge in [-0.25, -0.2) is 0 Å². The second kappa shape index (κ2) is 5.99. The van der Waals surface area contributed by atoms with Crippen molar-refractivity contribution >= 4 is 46.1 Å². The number of thiophene rings is 1. The molecule has 1 amide bonds. The summed E-state index contributed by atoms with van der Waals surface area (Å²) in [5, 5.41) is 5.87. The normalized spacial score (nSPS) is 17.4. The second-order valence-electron chi connectivity index (χ2n) is 5.51. The summed E-state index contributed by atoms with van der Waals surface area (Å²) >= 11 is 13.6. The molecule has 2 nitrogen and oxygen atoms in total. The summed E-state index contributed by atoms with van der Waals surface area (Å²) < 4.78 is 0. The van der Waals surface area contributed by atoms with Crippen LogP contribution in [0.1, 0.15) is 34.1 Å². The molecular weight excluding hydrogens is 325 g/mol. The van der Waals surface area contributed by atoms with Crippen molar-refractivity contribution in [3.8, 4) is 0 Å². The first kappa shape index (κ1) is 14.9. The van der Waals surface area contributed by atoms with Crippen LogP contribution in [0.15, 0.2) is 23.6 Å². The van der Waals surface area contributed by atoms with E-state index in [2.05, 4.69) is 12.2 Å². The fourth-order valence-electron chi connectivity index (χ4n) is 2.69. The largest absolute Gasteiger partial charge is 0.322 e. The number of rotatable bonds is 2. The Bertz CT molecular complexity index is 675. The summed E-state index contributed by atoms with van der Waals surface area (Å²) in [4.78, 5) is 13.8. The van der Waals surface area contributed by atoms with Gasteiger partial charge in [0.2, 0.25) is 0 Å². The molecule has 1 aromatic heterocycles. The van der Waals surface area contributed by atoms with Gasteiger partial charge in [-0.15, -0.1) is 11.3 Å². The molecule has 0 aliphatic heterocycles. The van der Waals surface area contributed by atoms with Gasteiger partial charge in [0, 0.05) is 26.0 Å². The minimum absolute atomic E-state index is 0.0830. The van der Waals surface area contributed by atoms with Crippen LogP contribution in [0.2, 0.25) is 10.0 Å². The van der Waals surface area contributed by atoms with Crippen molar-refractivity contribution in [2.75, 3.05) is 5.32 Å². The van der Waals surface area contributed by atoms with Gasteiger partial charge in [0.05, 0.1) is 5.56 Å². The first-order chi connectivity index (χ1) is 10.0. The topological polar surface area (TPSA) is 29.1 Å². The maximum Gasteiger partial charge on any atom is 0.256 e. The van der Waals surface area contributed by atoms with Crippen LogP contribution in [-0.2, 0) is 12.8 Å². The van der Waals surface area contributed by atoms with E-state index < -0.39 is 0 Å². The van der Waals surface area contributed by atoms with E-state index >= 15 is 0 Å². The fourth-order valence-corrected chi connectivity index (χ4v) is 4.46. The highest BCUT2D eigenvalue weighted by Gasteiger charge is 2.23. The van der Waals surface area contributed by atoms with Crippen molar-refractivity contribution in [2.24, 2.45) is 5.92 Å². The van der Waals surface area contributed by atoms with Gasteiger partial charge in [0.15, 0.2) is 0 Å². The van der Waals surface area contributed by atoms with E-state index in [1.54, 1.807) is 29.5 Å². The van der Waals surface area contributed by atoms with E-state index in [1.807, 2.05) is 5.38 Å². The van der Waals surface area contributed by atoms with Crippen molar-refractivity contribution in [1.82, 2.24) is 0 Å². The quantitative estimate of drug-likeness (QED) is 0.776. The van der Waals surface area contributed by atoms with Gasteiger partial charge >= 0.3 is 0 Å². The molecule has 1 atom stereocenters. The highest BCUT2D eigenvalue weighted by atomic mass is 35.5. The Morgan fingerprint density at radius 3 is 2.71 bits per heavy atom. The molecule has 0 bridgehead atoms. The third-order valence-corrected chi connectivity index (χ3v) is 5.25. The van der Waals surface area contributed by atoms with Crippen LogP contribution >= 0.6 is 34.5 Å². The molecule has 0 saturated heterocycles. The lowest BCUT2D eigenvalue weighted by atomic mass is 9.88. The second-order valence-corrected chi connectivity index (χ2v) is 7.35. The summed E-state index contributed by atoms with van der Waals surface area (Å²) in [6.45, 7) is 2.26. The molecular formula is C16H15Cl2NOS. The van der Waals surface area contributed by atoms with Crippen molar-refractivity contribution in [3.05, 3.63) is 49.6 Å². The summed E-state index contributed by atoms with van der Waals surface area (Å²) in [5.74, 6) is 0.624. The monoisotopic (exact) mass is 339 g/mol. The highest BCUT2D eigenvalue weighted by Crippen LogP contribution is 2.33. The molecule has 0 spiro atoms. The average Bonchev–Trinajstić information content (AvgIpc) is 2.80. The van der Waals surface area contributed by atoms with Gasteiger partial charge in [-0.3, -0.25) is 4.79 Å². The van der Waals surface area contributed by atoms with E-state index in [4.69, 9.17) is 23.2 Å². The first-order valence-electron chi connectivity index (χ1n) is 6.89. The number of carbonyl (C=O) groups is 1. The molecule has 0 saturated carbocycles. The summed E-state index contributed by atoms with van der Waals surface area (Å²) in [5.41, 5.74) is 2.63. The van der Waals surface area contributed by atoms with Crippen LogP contribution in [0.5, 0.6) is 0 Å². The molecule has 0 fully saturated rings. The van der Waals surface area contributed by atoms with Crippen molar-refractivity contribution in [2.45, 2.75) is 26.2 Å². The third kappa shape index (κ3) is 3.25. The zero-order chi connectivity index (χ0) is 15.0. The van der Waals surface area contributed by atoms with Gasteiger partial charge in [0.1, 0.15) is 0 Å². The number of nitrogens with one attached hydrogen (secondary N) is 1. The summed E-state index contributed by atoms with van der Waals surface area (Å²) in [6, 6.07) is 5.05. The minimum atomic E-state index is -0.0830. The number of hydrogen-bond acceptors (Lipinski definition) is 2. The van der Waals surface area contributed by atoms with Crippen LogP contribution in [0.4, 0.5) is 5.69 Å². The van der Waals surface area contributed by atoms with Gasteiger partial charge < -0.3 is 5.32 Å². The molecule has 1 aliphatic carbocycles. The molecule has 0 radical (unpaired) electrons. The number of benzene rings is 1. The van der Waals surface area contributed by atoms with Crippen molar-refractivity contribution in [3.63, 3.8) is 0 Å². The average molecular weight is 340 g/mol.